The number of carbonyl (C=O) groups is 1. The monoisotopic (exact) mass is 491 g/mol. The Morgan fingerprint density at radius 1 is 1.28 bits per heavy atom. The molecule has 2 aromatic rings. The van der Waals surface area contributed by atoms with Gasteiger partial charge in [0.15, 0.2) is 5.78 Å². The van der Waals surface area contributed by atoms with Gasteiger partial charge < -0.3 is 4.74 Å². The van der Waals surface area contributed by atoms with E-state index in [1.54, 1.807) is 48.5 Å². The standard InChI is InChI=1S/C17H15ClINO4S/c1-25(22,23)20-14-6-8-17(12(9-14)5-7-15(21)11-19)24-16-4-2-3-13(18)10-16/h2-10,20H,11H2,1H3/b7-5+. The van der Waals surface area contributed by atoms with Crippen LogP contribution in [0.2, 0.25) is 5.02 Å². The zero-order valence-electron chi connectivity index (χ0n) is 13.2. The van der Waals surface area contributed by atoms with E-state index in [0.29, 0.717) is 32.2 Å². The SMILES string of the molecule is CS(=O)(=O)Nc1ccc(Oc2cccc(Cl)c2)c(/C=C/C(=O)CI)c1. The Kier molecular flexibility index (Phi) is 6.86. The van der Waals surface area contributed by atoms with Crippen LogP contribution in [0.3, 0.4) is 0 Å². The maximum absolute atomic E-state index is 11.5. The molecule has 132 valence electrons. The topological polar surface area (TPSA) is 72.5 Å². The number of benzene rings is 2. The van der Waals surface area contributed by atoms with Gasteiger partial charge >= 0.3 is 0 Å². The zero-order valence-corrected chi connectivity index (χ0v) is 16.9. The number of rotatable bonds is 7. The number of ketones is 1. The van der Waals surface area contributed by atoms with Crippen molar-refractivity contribution in [2.45, 2.75) is 0 Å². The average molecular weight is 492 g/mol. The van der Waals surface area contributed by atoms with Gasteiger partial charge in [-0.25, -0.2) is 8.42 Å². The molecule has 0 fully saturated rings. The van der Waals surface area contributed by atoms with Crippen LogP contribution < -0.4 is 9.46 Å². The normalized spacial score (nSPS) is 11.5. The van der Waals surface area contributed by atoms with Crippen molar-refractivity contribution in [2.75, 3.05) is 15.4 Å². The quantitative estimate of drug-likeness (QED) is 0.351. The van der Waals surface area contributed by atoms with Gasteiger partial charge in [0, 0.05) is 16.3 Å². The number of alkyl halides is 1. The highest BCUT2D eigenvalue weighted by molar-refractivity contribution is 14.1. The van der Waals surface area contributed by atoms with Crippen LogP contribution in [-0.4, -0.2) is 24.9 Å². The van der Waals surface area contributed by atoms with Crippen molar-refractivity contribution < 1.29 is 17.9 Å². The first-order valence-electron chi connectivity index (χ1n) is 7.09. The lowest BCUT2D eigenvalue weighted by molar-refractivity contribution is -0.112. The summed E-state index contributed by atoms with van der Waals surface area (Å²) in [6.07, 6.45) is 4.09. The van der Waals surface area contributed by atoms with E-state index in [2.05, 4.69) is 4.72 Å². The molecule has 0 aliphatic heterocycles. The minimum atomic E-state index is -3.41. The van der Waals surface area contributed by atoms with Crippen molar-refractivity contribution in [3.05, 3.63) is 59.1 Å². The van der Waals surface area contributed by atoms with Gasteiger partial charge in [-0.1, -0.05) is 40.3 Å². The Labute approximate surface area is 165 Å². The molecule has 5 nitrogen and oxygen atoms in total. The molecule has 25 heavy (non-hydrogen) atoms. The molecule has 0 atom stereocenters. The summed E-state index contributed by atoms with van der Waals surface area (Å²) in [4.78, 5) is 11.5. The van der Waals surface area contributed by atoms with Gasteiger partial charge in [0.25, 0.3) is 0 Å². The van der Waals surface area contributed by atoms with Gasteiger partial charge in [-0.3, -0.25) is 9.52 Å². The number of ether oxygens (including phenoxy) is 1. The number of nitrogens with one attached hydrogen (secondary N) is 1. The number of anilines is 1. The number of allylic oxidation sites excluding steroid dienone is 1. The first-order chi connectivity index (χ1) is 11.8. The van der Waals surface area contributed by atoms with Crippen molar-refractivity contribution in [3.63, 3.8) is 0 Å². The molecule has 2 aromatic carbocycles. The second-order valence-electron chi connectivity index (χ2n) is 5.12. The van der Waals surface area contributed by atoms with Gasteiger partial charge in [0.1, 0.15) is 11.5 Å². The van der Waals surface area contributed by atoms with Crippen LogP contribution in [0, 0.1) is 0 Å². The Bertz CT molecular complexity index is 913. The lowest BCUT2D eigenvalue weighted by Crippen LogP contribution is -2.09. The van der Waals surface area contributed by atoms with Crippen LogP contribution in [0.15, 0.2) is 48.5 Å². The van der Waals surface area contributed by atoms with E-state index in [9.17, 15) is 13.2 Å². The number of sulfonamides is 1. The summed E-state index contributed by atoms with van der Waals surface area (Å²) >= 11 is 7.93. The summed E-state index contributed by atoms with van der Waals surface area (Å²) in [5.74, 6) is 0.945. The molecule has 2 rings (SSSR count). The Balaban J connectivity index is 2.39. The van der Waals surface area contributed by atoms with Gasteiger partial charge in [0.2, 0.25) is 10.0 Å². The number of hydrogen-bond acceptors (Lipinski definition) is 4. The summed E-state index contributed by atoms with van der Waals surface area (Å²) in [7, 11) is -3.41. The highest BCUT2D eigenvalue weighted by atomic mass is 127. The molecule has 0 radical (unpaired) electrons. The predicted octanol–water partition coefficient (Wildman–Crippen LogP) is 4.52. The van der Waals surface area contributed by atoms with E-state index in [1.165, 1.54) is 6.08 Å². The second kappa shape index (κ2) is 8.68. The fourth-order valence-corrected chi connectivity index (χ4v) is 2.92. The maximum Gasteiger partial charge on any atom is 0.229 e. The van der Waals surface area contributed by atoms with Gasteiger partial charge in [-0.15, -0.1) is 0 Å². The summed E-state index contributed by atoms with van der Waals surface area (Å²) in [5.41, 5.74) is 0.939. The number of carbonyl (C=O) groups excluding carboxylic acids is 1. The third-order valence-electron chi connectivity index (χ3n) is 2.92. The molecule has 8 heteroatoms. The molecule has 0 aliphatic rings. The highest BCUT2D eigenvalue weighted by Gasteiger charge is 2.08. The summed E-state index contributed by atoms with van der Waals surface area (Å²) in [6.45, 7) is 0. The third-order valence-corrected chi connectivity index (χ3v) is 4.51. The molecule has 0 aromatic heterocycles. The molecule has 0 saturated heterocycles. The first kappa shape index (κ1) is 19.7. The van der Waals surface area contributed by atoms with Crippen molar-refractivity contribution in [1.29, 1.82) is 0 Å². The summed E-state index contributed by atoms with van der Waals surface area (Å²) < 4.78 is 31.4. The van der Waals surface area contributed by atoms with E-state index in [0.717, 1.165) is 6.26 Å². The van der Waals surface area contributed by atoms with Crippen LogP contribution in [0.5, 0.6) is 11.5 Å². The zero-order chi connectivity index (χ0) is 18.4. The molecule has 0 aliphatic carbocycles. The molecule has 0 unspecified atom stereocenters. The molecule has 0 spiro atoms. The van der Waals surface area contributed by atoms with E-state index >= 15 is 0 Å². The van der Waals surface area contributed by atoms with E-state index in [4.69, 9.17) is 16.3 Å². The molecular weight excluding hydrogens is 477 g/mol. The Morgan fingerprint density at radius 2 is 2.04 bits per heavy atom. The van der Waals surface area contributed by atoms with Gasteiger partial charge in [-0.2, -0.15) is 0 Å². The third kappa shape index (κ3) is 6.68. The van der Waals surface area contributed by atoms with E-state index in [-0.39, 0.29) is 5.78 Å². The minimum absolute atomic E-state index is 0.0595. The van der Waals surface area contributed by atoms with Crippen molar-refractivity contribution in [2.24, 2.45) is 0 Å². The number of hydrogen-bond donors (Lipinski definition) is 1. The summed E-state index contributed by atoms with van der Waals surface area (Å²) in [6, 6.07) is 11.7. The maximum atomic E-state index is 11.5. The van der Waals surface area contributed by atoms with E-state index in [1.807, 2.05) is 22.6 Å². The van der Waals surface area contributed by atoms with Crippen LogP contribution in [0.1, 0.15) is 5.56 Å². The Morgan fingerprint density at radius 3 is 2.68 bits per heavy atom. The van der Waals surface area contributed by atoms with Crippen LogP contribution in [0.25, 0.3) is 6.08 Å². The van der Waals surface area contributed by atoms with Crippen molar-refractivity contribution >= 4 is 61.8 Å². The molecule has 1 N–H and O–H groups in total. The first-order valence-corrected chi connectivity index (χ1v) is 10.9. The smallest absolute Gasteiger partial charge is 0.229 e. The lowest BCUT2D eigenvalue weighted by atomic mass is 10.1. The number of halogens is 2. The fourth-order valence-electron chi connectivity index (χ4n) is 1.93. The van der Waals surface area contributed by atoms with Crippen LogP contribution in [0.4, 0.5) is 5.69 Å². The van der Waals surface area contributed by atoms with Crippen molar-refractivity contribution in [1.82, 2.24) is 0 Å². The van der Waals surface area contributed by atoms with E-state index < -0.39 is 10.0 Å². The molecular formula is C17H15ClINO4S. The summed E-state index contributed by atoms with van der Waals surface area (Å²) in [5, 5.41) is 0.532. The molecule has 0 heterocycles. The molecule has 0 bridgehead atoms. The van der Waals surface area contributed by atoms with Gasteiger partial charge in [0.05, 0.1) is 10.7 Å². The predicted molar refractivity (Wildman–Crippen MR) is 109 cm³/mol. The average Bonchev–Trinajstić information content (AvgIpc) is 2.53. The molecule has 0 amide bonds. The van der Waals surface area contributed by atoms with Crippen LogP contribution >= 0.6 is 34.2 Å². The second-order valence-corrected chi connectivity index (χ2v) is 8.07. The fraction of sp³-hybridized carbons (Fsp3) is 0.118. The van der Waals surface area contributed by atoms with Gasteiger partial charge in [-0.05, 0) is 48.6 Å². The van der Waals surface area contributed by atoms with Crippen molar-refractivity contribution in [3.8, 4) is 11.5 Å². The highest BCUT2D eigenvalue weighted by Crippen LogP contribution is 2.30. The Hall–Kier alpha value is -1.58. The minimum Gasteiger partial charge on any atom is -0.457 e. The molecule has 0 saturated carbocycles. The van der Waals surface area contributed by atoms with Crippen LogP contribution in [-0.2, 0) is 14.8 Å². The largest absolute Gasteiger partial charge is 0.457 e. The lowest BCUT2D eigenvalue weighted by Gasteiger charge is -2.12.